The molecule has 0 aliphatic heterocycles. The van der Waals surface area contributed by atoms with Gasteiger partial charge in [-0.1, -0.05) is 47.8 Å². The first-order valence-electron chi connectivity index (χ1n) is 7.78. The van der Waals surface area contributed by atoms with Gasteiger partial charge in [0.15, 0.2) is 0 Å². The Balaban J connectivity index is 2.30. The SMILES string of the molecule is CCCC(CNC(=O)c1c(-c2c(Cl)cccc2Cl)noc1C)C(=O)O. The van der Waals surface area contributed by atoms with Gasteiger partial charge in [-0.2, -0.15) is 0 Å². The summed E-state index contributed by atoms with van der Waals surface area (Å²) in [6.45, 7) is 3.50. The second-order valence-electron chi connectivity index (χ2n) is 5.59. The summed E-state index contributed by atoms with van der Waals surface area (Å²) in [6, 6.07) is 4.95. The minimum atomic E-state index is -0.946. The lowest BCUT2D eigenvalue weighted by molar-refractivity contribution is -0.141. The van der Waals surface area contributed by atoms with Crippen LogP contribution in [0.2, 0.25) is 10.0 Å². The summed E-state index contributed by atoms with van der Waals surface area (Å²) in [4.78, 5) is 23.8. The Bertz CT molecular complexity index is 769. The zero-order chi connectivity index (χ0) is 18.6. The number of aryl methyl sites for hydroxylation is 1. The summed E-state index contributed by atoms with van der Waals surface area (Å²) in [7, 11) is 0. The molecule has 0 bridgehead atoms. The number of halogens is 2. The minimum absolute atomic E-state index is 0.0162. The molecule has 0 aliphatic carbocycles. The monoisotopic (exact) mass is 384 g/mol. The fourth-order valence-electron chi connectivity index (χ4n) is 2.50. The maximum absolute atomic E-state index is 12.6. The van der Waals surface area contributed by atoms with Gasteiger partial charge in [0.25, 0.3) is 5.91 Å². The minimum Gasteiger partial charge on any atom is -0.481 e. The predicted octanol–water partition coefficient (Wildman–Crippen LogP) is 4.19. The fourth-order valence-corrected chi connectivity index (χ4v) is 3.08. The van der Waals surface area contributed by atoms with Crippen LogP contribution in [0.5, 0.6) is 0 Å². The highest BCUT2D eigenvalue weighted by Gasteiger charge is 2.26. The van der Waals surface area contributed by atoms with Crippen LogP contribution < -0.4 is 5.32 Å². The Kier molecular flexibility index (Phi) is 6.45. The molecule has 1 amide bonds. The van der Waals surface area contributed by atoms with E-state index in [4.69, 9.17) is 27.7 Å². The van der Waals surface area contributed by atoms with E-state index in [-0.39, 0.29) is 17.8 Å². The van der Waals surface area contributed by atoms with Gasteiger partial charge in [-0.3, -0.25) is 9.59 Å². The molecule has 1 aromatic heterocycles. The number of carboxylic acids is 1. The van der Waals surface area contributed by atoms with Crippen LogP contribution in [0.25, 0.3) is 11.3 Å². The molecule has 1 heterocycles. The molecule has 1 atom stereocenters. The van der Waals surface area contributed by atoms with Gasteiger partial charge in [0.2, 0.25) is 0 Å². The second kappa shape index (κ2) is 8.36. The van der Waals surface area contributed by atoms with E-state index in [1.54, 1.807) is 25.1 Å². The number of carbonyl (C=O) groups excluding carboxylic acids is 1. The molecule has 2 N–H and O–H groups in total. The number of rotatable bonds is 7. The highest BCUT2D eigenvalue weighted by atomic mass is 35.5. The van der Waals surface area contributed by atoms with E-state index in [0.29, 0.717) is 34.2 Å². The quantitative estimate of drug-likeness (QED) is 0.746. The number of nitrogens with one attached hydrogen (secondary N) is 1. The number of carbonyl (C=O) groups is 2. The van der Waals surface area contributed by atoms with Gasteiger partial charge >= 0.3 is 5.97 Å². The third-order valence-electron chi connectivity index (χ3n) is 3.78. The molecule has 2 rings (SSSR count). The van der Waals surface area contributed by atoms with Crippen molar-refractivity contribution in [2.45, 2.75) is 26.7 Å². The number of hydrogen-bond acceptors (Lipinski definition) is 4. The first kappa shape index (κ1) is 19.3. The molecule has 0 aliphatic rings. The van der Waals surface area contributed by atoms with Crippen molar-refractivity contribution in [2.75, 3.05) is 6.54 Å². The summed E-state index contributed by atoms with van der Waals surface area (Å²) in [5, 5.41) is 16.4. The summed E-state index contributed by atoms with van der Waals surface area (Å²) in [5.41, 5.74) is 0.819. The molecule has 8 heteroatoms. The van der Waals surface area contributed by atoms with Crippen LogP contribution in [-0.2, 0) is 4.79 Å². The molecule has 0 fully saturated rings. The van der Waals surface area contributed by atoms with Crippen molar-refractivity contribution >= 4 is 35.1 Å². The van der Waals surface area contributed by atoms with Crippen LogP contribution in [0.15, 0.2) is 22.7 Å². The standard InChI is InChI=1S/C17H18Cl2N2O4/c1-3-5-10(17(23)24)8-20-16(22)13-9(2)25-21-15(13)14-11(18)6-4-7-12(14)19/h4,6-7,10H,3,5,8H2,1-2H3,(H,20,22)(H,23,24). The molecular weight excluding hydrogens is 367 g/mol. The lowest BCUT2D eigenvalue weighted by atomic mass is 10.0. The topological polar surface area (TPSA) is 92.4 Å². The van der Waals surface area contributed by atoms with Crippen molar-refractivity contribution in [3.05, 3.63) is 39.6 Å². The molecular formula is C17H18Cl2N2O4. The van der Waals surface area contributed by atoms with Gasteiger partial charge in [0, 0.05) is 12.1 Å². The lowest BCUT2D eigenvalue weighted by Gasteiger charge is -2.12. The van der Waals surface area contributed by atoms with Crippen molar-refractivity contribution in [1.82, 2.24) is 10.5 Å². The number of aliphatic carboxylic acids is 1. The Labute approximate surface area is 155 Å². The molecule has 6 nitrogen and oxygen atoms in total. The van der Waals surface area contributed by atoms with Crippen LogP contribution in [0, 0.1) is 12.8 Å². The molecule has 0 saturated carbocycles. The van der Waals surface area contributed by atoms with Crippen molar-refractivity contribution in [1.29, 1.82) is 0 Å². The van der Waals surface area contributed by atoms with Gasteiger partial charge in [-0.05, 0) is 25.5 Å². The van der Waals surface area contributed by atoms with Crippen LogP contribution >= 0.6 is 23.2 Å². The van der Waals surface area contributed by atoms with Crippen molar-refractivity contribution in [3.63, 3.8) is 0 Å². The van der Waals surface area contributed by atoms with Gasteiger partial charge in [-0.15, -0.1) is 0 Å². The first-order chi connectivity index (χ1) is 11.9. The summed E-state index contributed by atoms with van der Waals surface area (Å²) in [6.07, 6.45) is 1.18. The number of nitrogens with zero attached hydrogens (tertiary/aromatic N) is 1. The molecule has 1 unspecified atom stereocenters. The van der Waals surface area contributed by atoms with Gasteiger partial charge in [0.1, 0.15) is 17.0 Å². The average molecular weight is 385 g/mol. The van der Waals surface area contributed by atoms with Crippen LogP contribution in [-0.4, -0.2) is 28.7 Å². The Morgan fingerprint density at radius 2 is 1.96 bits per heavy atom. The van der Waals surface area contributed by atoms with Crippen molar-refractivity contribution < 1.29 is 19.2 Å². The molecule has 0 saturated heterocycles. The van der Waals surface area contributed by atoms with E-state index in [1.807, 2.05) is 6.92 Å². The molecule has 25 heavy (non-hydrogen) atoms. The Morgan fingerprint density at radius 1 is 1.32 bits per heavy atom. The molecule has 0 radical (unpaired) electrons. The molecule has 0 spiro atoms. The Morgan fingerprint density at radius 3 is 2.52 bits per heavy atom. The maximum Gasteiger partial charge on any atom is 0.308 e. The third kappa shape index (κ3) is 4.32. The third-order valence-corrected chi connectivity index (χ3v) is 4.41. The first-order valence-corrected chi connectivity index (χ1v) is 8.54. The fraction of sp³-hybridized carbons (Fsp3) is 0.353. The number of aromatic nitrogens is 1. The molecule has 134 valence electrons. The van der Waals surface area contributed by atoms with Crippen LogP contribution in [0.1, 0.15) is 35.9 Å². The smallest absolute Gasteiger partial charge is 0.308 e. The van der Waals surface area contributed by atoms with Gasteiger partial charge < -0.3 is 14.9 Å². The normalized spacial score (nSPS) is 12.0. The van der Waals surface area contributed by atoms with E-state index in [0.717, 1.165) is 0 Å². The number of hydrogen-bond donors (Lipinski definition) is 2. The van der Waals surface area contributed by atoms with Gasteiger partial charge in [-0.25, -0.2) is 0 Å². The van der Waals surface area contributed by atoms with E-state index in [1.165, 1.54) is 0 Å². The lowest BCUT2D eigenvalue weighted by Crippen LogP contribution is -2.33. The Hall–Kier alpha value is -2.05. The second-order valence-corrected chi connectivity index (χ2v) is 6.41. The number of amides is 1. The molecule has 2 aromatic rings. The number of carboxylic acid groups (broad SMARTS) is 1. The van der Waals surface area contributed by atoms with E-state index >= 15 is 0 Å². The maximum atomic E-state index is 12.6. The van der Waals surface area contributed by atoms with Crippen LogP contribution in [0.3, 0.4) is 0 Å². The van der Waals surface area contributed by atoms with Crippen molar-refractivity contribution in [2.24, 2.45) is 5.92 Å². The average Bonchev–Trinajstić information content (AvgIpc) is 2.92. The van der Waals surface area contributed by atoms with Crippen LogP contribution in [0.4, 0.5) is 0 Å². The van der Waals surface area contributed by atoms with Gasteiger partial charge in [0.05, 0.1) is 16.0 Å². The molecule has 1 aromatic carbocycles. The predicted molar refractivity (Wildman–Crippen MR) is 95.1 cm³/mol. The summed E-state index contributed by atoms with van der Waals surface area (Å²) >= 11 is 12.4. The zero-order valence-corrected chi connectivity index (χ0v) is 15.3. The van der Waals surface area contributed by atoms with E-state index in [2.05, 4.69) is 10.5 Å². The zero-order valence-electron chi connectivity index (χ0n) is 13.8. The van der Waals surface area contributed by atoms with E-state index in [9.17, 15) is 14.7 Å². The largest absolute Gasteiger partial charge is 0.481 e. The summed E-state index contributed by atoms with van der Waals surface area (Å²) < 4.78 is 5.14. The number of benzene rings is 1. The van der Waals surface area contributed by atoms with E-state index < -0.39 is 17.8 Å². The highest BCUT2D eigenvalue weighted by Crippen LogP contribution is 2.36. The highest BCUT2D eigenvalue weighted by molar-refractivity contribution is 6.39. The van der Waals surface area contributed by atoms with Crippen molar-refractivity contribution in [3.8, 4) is 11.3 Å². The summed E-state index contributed by atoms with van der Waals surface area (Å²) in [5.74, 6) is -1.78.